The Hall–Kier alpha value is -2.41. The highest BCUT2D eigenvalue weighted by Crippen LogP contribution is 2.20. The summed E-state index contributed by atoms with van der Waals surface area (Å²) >= 11 is 0. The molecule has 0 saturated carbocycles. The second-order valence-electron chi connectivity index (χ2n) is 4.38. The van der Waals surface area contributed by atoms with E-state index in [4.69, 9.17) is 5.73 Å². The van der Waals surface area contributed by atoms with Crippen molar-refractivity contribution in [1.29, 1.82) is 0 Å². The summed E-state index contributed by atoms with van der Waals surface area (Å²) in [6.45, 7) is 0. The molecule has 2 heterocycles. The molecule has 0 spiro atoms. The number of nitrogens with zero attached hydrogens (tertiary/aromatic N) is 2. The van der Waals surface area contributed by atoms with Crippen LogP contribution in [0.1, 0.15) is 5.56 Å². The Morgan fingerprint density at radius 1 is 1.10 bits per heavy atom. The number of benzene rings is 1. The zero-order chi connectivity index (χ0) is 14.2. The lowest BCUT2D eigenvalue weighted by molar-refractivity contribution is 0.587. The maximum atomic E-state index is 12.3. The van der Waals surface area contributed by atoms with Gasteiger partial charge in [0.25, 0.3) is 5.16 Å². The van der Waals surface area contributed by atoms with Crippen molar-refractivity contribution in [3.05, 3.63) is 48.2 Å². The molecule has 1 aromatic carbocycles. The number of aromatic nitrogens is 3. The molecular weight excluding hydrogens is 276 g/mol. The van der Waals surface area contributed by atoms with Gasteiger partial charge in [-0.15, -0.1) is 0 Å². The summed E-state index contributed by atoms with van der Waals surface area (Å²) in [5.41, 5.74) is 6.86. The molecule has 20 heavy (non-hydrogen) atoms. The first-order valence-electron chi connectivity index (χ1n) is 5.93. The average Bonchev–Trinajstić information content (AvgIpc) is 2.88. The number of rotatable bonds is 3. The minimum Gasteiger partial charge on any atom is -0.383 e. The van der Waals surface area contributed by atoms with Gasteiger partial charge in [-0.05, 0) is 11.6 Å². The molecule has 7 heteroatoms. The summed E-state index contributed by atoms with van der Waals surface area (Å²) in [5, 5.41) is 0.359. The maximum absolute atomic E-state index is 12.3. The van der Waals surface area contributed by atoms with E-state index in [9.17, 15) is 8.42 Å². The Bertz CT molecular complexity index is 856. The van der Waals surface area contributed by atoms with Gasteiger partial charge in [-0.25, -0.2) is 13.4 Å². The summed E-state index contributed by atoms with van der Waals surface area (Å²) < 4.78 is 24.6. The fourth-order valence-electron chi connectivity index (χ4n) is 1.94. The SMILES string of the molecule is Nc1nc(S(=O)(=O)Cc2ccccc2)nc2[nH]ccc12. The molecule has 3 aromatic rings. The molecular formula is C13H12N4O2S. The van der Waals surface area contributed by atoms with E-state index in [2.05, 4.69) is 15.0 Å². The smallest absolute Gasteiger partial charge is 0.251 e. The van der Waals surface area contributed by atoms with Gasteiger partial charge >= 0.3 is 0 Å². The maximum Gasteiger partial charge on any atom is 0.251 e. The monoisotopic (exact) mass is 288 g/mol. The number of aromatic amines is 1. The van der Waals surface area contributed by atoms with Gasteiger partial charge in [0, 0.05) is 6.20 Å². The van der Waals surface area contributed by atoms with Crippen molar-refractivity contribution in [2.24, 2.45) is 0 Å². The molecule has 0 bridgehead atoms. The molecule has 0 fully saturated rings. The van der Waals surface area contributed by atoms with Gasteiger partial charge in [0.15, 0.2) is 0 Å². The molecule has 3 rings (SSSR count). The lowest BCUT2D eigenvalue weighted by Crippen LogP contribution is -2.11. The van der Waals surface area contributed by atoms with Crippen molar-refractivity contribution in [3.63, 3.8) is 0 Å². The van der Waals surface area contributed by atoms with Gasteiger partial charge < -0.3 is 10.7 Å². The van der Waals surface area contributed by atoms with Crippen LogP contribution in [0.4, 0.5) is 5.82 Å². The number of fused-ring (bicyclic) bond motifs is 1. The summed E-state index contributed by atoms with van der Waals surface area (Å²) in [7, 11) is -3.63. The first kappa shape index (κ1) is 12.6. The predicted octanol–water partition coefficient (Wildman–Crippen LogP) is 1.51. The number of nitrogens with two attached hydrogens (primary N) is 1. The number of nitrogen functional groups attached to an aromatic ring is 1. The zero-order valence-corrected chi connectivity index (χ0v) is 11.3. The van der Waals surface area contributed by atoms with Gasteiger partial charge in [-0.3, -0.25) is 0 Å². The Labute approximate surface area is 115 Å². The number of nitrogens with one attached hydrogen (secondary N) is 1. The van der Waals surface area contributed by atoms with Gasteiger partial charge in [-0.2, -0.15) is 4.98 Å². The largest absolute Gasteiger partial charge is 0.383 e. The minimum absolute atomic E-state index is 0.153. The van der Waals surface area contributed by atoms with Crippen molar-refractivity contribution >= 4 is 26.7 Å². The zero-order valence-electron chi connectivity index (χ0n) is 10.4. The topological polar surface area (TPSA) is 102 Å². The summed E-state index contributed by atoms with van der Waals surface area (Å²) in [6.07, 6.45) is 1.64. The fraction of sp³-hybridized carbons (Fsp3) is 0.0769. The Morgan fingerprint density at radius 3 is 2.60 bits per heavy atom. The number of hydrogen-bond acceptors (Lipinski definition) is 5. The van der Waals surface area contributed by atoms with Crippen LogP contribution in [0.2, 0.25) is 0 Å². The molecule has 3 N–H and O–H groups in total. The molecule has 0 saturated heterocycles. The van der Waals surface area contributed by atoms with E-state index in [1.165, 1.54) is 0 Å². The Morgan fingerprint density at radius 2 is 1.85 bits per heavy atom. The van der Waals surface area contributed by atoms with Crippen LogP contribution in [0.3, 0.4) is 0 Å². The van der Waals surface area contributed by atoms with E-state index in [1.54, 1.807) is 36.5 Å². The Kier molecular flexibility index (Phi) is 2.90. The second-order valence-corrected chi connectivity index (χ2v) is 6.26. The molecule has 0 amide bonds. The first-order valence-corrected chi connectivity index (χ1v) is 7.59. The number of H-pyrrole nitrogens is 1. The van der Waals surface area contributed by atoms with Crippen LogP contribution in [0, 0.1) is 0 Å². The van der Waals surface area contributed by atoms with Gasteiger partial charge in [0.05, 0.1) is 11.1 Å². The normalized spacial score (nSPS) is 11.8. The van der Waals surface area contributed by atoms with Crippen LogP contribution in [0.15, 0.2) is 47.8 Å². The lowest BCUT2D eigenvalue weighted by Gasteiger charge is -2.04. The predicted molar refractivity (Wildman–Crippen MR) is 75.6 cm³/mol. The van der Waals surface area contributed by atoms with E-state index >= 15 is 0 Å². The van der Waals surface area contributed by atoms with Crippen molar-refractivity contribution in [2.75, 3.05) is 5.73 Å². The van der Waals surface area contributed by atoms with Crippen LogP contribution in [0.25, 0.3) is 11.0 Å². The van der Waals surface area contributed by atoms with Crippen LogP contribution >= 0.6 is 0 Å². The molecule has 0 radical (unpaired) electrons. The molecule has 0 aliphatic carbocycles. The number of hydrogen-bond donors (Lipinski definition) is 2. The van der Waals surface area contributed by atoms with Gasteiger partial charge in [0.2, 0.25) is 9.84 Å². The standard InChI is InChI=1S/C13H12N4O2S/c14-11-10-6-7-15-12(10)17-13(16-11)20(18,19)8-9-4-2-1-3-5-9/h1-7H,8H2,(H3,14,15,16,17). The highest BCUT2D eigenvalue weighted by Gasteiger charge is 2.21. The van der Waals surface area contributed by atoms with Crippen LogP contribution in [-0.4, -0.2) is 23.4 Å². The Balaban J connectivity index is 2.05. The molecule has 0 aliphatic rings. The summed E-state index contributed by atoms with van der Waals surface area (Å²) in [6, 6.07) is 10.6. The number of sulfone groups is 1. The van der Waals surface area contributed by atoms with E-state index < -0.39 is 9.84 Å². The summed E-state index contributed by atoms with van der Waals surface area (Å²) in [5.74, 6) is 0.00217. The minimum atomic E-state index is -3.63. The lowest BCUT2D eigenvalue weighted by atomic mass is 10.2. The van der Waals surface area contributed by atoms with E-state index in [0.717, 1.165) is 0 Å². The highest BCUT2D eigenvalue weighted by atomic mass is 32.2. The van der Waals surface area contributed by atoms with E-state index in [-0.39, 0.29) is 16.7 Å². The molecule has 6 nitrogen and oxygen atoms in total. The third-order valence-electron chi connectivity index (χ3n) is 2.90. The van der Waals surface area contributed by atoms with E-state index in [1.807, 2.05) is 6.07 Å². The molecule has 0 unspecified atom stereocenters. The highest BCUT2D eigenvalue weighted by molar-refractivity contribution is 7.90. The summed E-state index contributed by atoms with van der Waals surface area (Å²) in [4.78, 5) is 10.8. The molecule has 0 atom stereocenters. The van der Waals surface area contributed by atoms with E-state index in [0.29, 0.717) is 16.6 Å². The molecule has 2 aromatic heterocycles. The van der Waals surface area contributed by atoms with Crippen LogP contribution in [-0.2, 0) is 15.6 Å². The number of anilines is 1. The van der Waals surface area contributed by atoms with Crippen LogP contribution in [0.5, 0.6) is 0 Å². The van der Waals surface area contributed by atoms with Crippen molar-refractivity contribution in [1.82, 2.24) is 15.0 Å². The molecule has 0 aliphatic heterocycles. The van der Waals surface area contributed by atoms with Gasteiger partial charge in [0.1, 0.15) is 11.5 Å². The van der Waals surface area contributed by atoms with Crippen molar-refractivity contribution < 1.29 is 8.42 Å². The third kappa shape index (κ3) is 2.23. The van der Waals surface area contributed by atoms with Gasteiger partial charge in [-0.1, -0.05) is 30.3 Å². The van der Waals surface area contributed by atoms with Crippen LogP contribution < -0.4 is 5.73 Å². The molecule has 102 valence electrons. The second kappa shape index (κ2) is 4.61. The quantitative estimate of drug-likeness (QED) is 0.711. The fourth-order valence-corrected chi connectivity index (χ4v) is 3.17. The van der Waals surface area contributed by atoms with Crippen molar-refractivity contribution in [3.8, 4) is 0 Å². The first-order chi connectivity index (χ1) is 9.56. The third-order valence-corrected chi connectivity index (χ3v) is 4.35. The van der Waals surface area contributed by atoms with Crippen molar-refractivity contribution in [2.45, 2.75) is 10.9 Å². The average molecular weight is 288 g/mol.